The molecule has 14 heavy (non-hydrogen) atoms. The van der Waals surface area contributed by atoms with Gasteiger partial charge in [-0.25, -0.2) is 0 Å². The largest absolute Gasteiger partial charge is 0.299 e. The Kier molecular flexibility index (Phi) is 5.12. The standard InChI is InChI=1S/C11H21NO2/c1-10(2)5-4-8-14-12-7-3-6-11(13)9-12/h10H,3-9H2,1-2H3. The predicted octanol–water partition coefficient (Wildman–Crippen LogP) is 2.02. The topological polar surface area (TPSA) is 29.5 Å². The molecule has 0 aliphatic carbocycles. The van der Waals surface area contributed by atoms with Crippen molar-refractivity contribution in [2.45, 2.75) is 39.5 Å². The second-order valence-electron chi connectivity index (χ2n) is 4.38. The summed E-state index contributed by atoms with van der Waals surface area (Å²) >= 11 is 0. The lowest BCUT2D eigenvalue weighted by Gasteiger charge is -2.24. The second-order valence-corrected chi connectivity index (χ2v) is 4.38. The van der Waals surface area contributed by atoms with Crippen molar-refractivity contribution in [2.24, 2.45) is 5.92 Å². The summed E-state index contributed by atoms with van der Waals surface area (Å²) in [5, 5.41) is 1.81. The van der Waals surface area contributed by atoms with Crippen molar-refractivity contribution in [3.05, 3.63) is 0 Å². The van der Waals surface area contributed by atoms with Gasteiger partial charge in [0.2, 0.25) is 0 Å². The van der Waals surface area contributed by atoms with Gasteiger partial charge in [0.05, 0.1) is 13.2 Å². The van der Waals surface area contributed by atoms with Gasteiger partial charge in [0.1, 0.15) is 5.78 Å². The van der Waals surface area contributed by atoms with Crippen molar-refractivity contribution >= 4 is 5.78 Å². The van der Waals surface area contributed by atoms with Crippen LogP contribution in [0.2, 0.25) is 0 Å². The van der Waals surface area contributed by atoms with E-state index in [4.69, 9.17) is 4.84 Å². The molecule has 1 fully saturated rings. The fourth-order valence-corrected chi connectivity index (χ4v) is 1.60. The molecule has 0 amide bonds. The summed E-state index contributed by atoms with van der Waals surface area (Å²) in [6, 6.07) is 0. The highest BCUT2D eigenvalue weighted by Gasteiger charge is 2.16. The first-order valence-corrected chi connectivity index (χ1v) is 5.58. The van der Waals surface area contributed by atoms with Crippen LogP contribution in [0.4, 0.5) is 0 Å². The Morgan fingerprint density at radius 1 is 1.50 bits per heavy atom. The smallest absolute Gasteiger partial charge is 0.149 e. The fraction of sp³-hybridized carbons (Fsp3) is 0.909. The fourth-order valence-electron chi connectivity index (χ4n) is 1.60. The lowest BCUT2D eigenvalue weighted by atomic mass is 10.1. The number of ketones is 1. The van der Waals surface area contributed by atoms with Gasteiger partial charge < -0.3 is 0 Å². The van der Waals surface area contributed by atoms with Gasteiger partial charge in [-0.1, -0.05) is 13.8 Å². The average Bonchev–Trinajstić information content (AvgIpc) is 2.12. The Morgan fingerprint density at radius 3 is 2.93 bits per heavy atom. The van der Waals surface area contributed by atoms with Crippen LogP contribution < -0.4 is 0 Å². The molecule has 1 heterocycles. The quantitative estimate of drug-likeness (QED) is 0.634. The minimum absolute atomic E-state index is 0.306. The molecular weight excluding hydrogens is 178 g/mol. The molecule has 3 heteroatoms. The third-order valence-electron chi connectivity index (χ3n) is 2.42. The van der Waals surface area contributed by atoms with E-state index < -0.39 is 0 Å². The number of piperidine rings is 1. The first-order valence-electron chi connectivity index (χ1n) is 5.58. The zero-order chi connectivity index (χ0) is 10.4. The number of carbonyl (C=O) groups excluding carboxylic acids is 1. The van der Waals surface area contributed by atoms with Crippen LogP contribution in [0.5, 0.6) is 0 Å². The number of nitrogens with zero attached hydrogens (tertiary/aromatic N) is 1. The minimum atomic E-state index is 0.306. The number of hydrogen-bond donors (Lipinski definition) is 0. The molecule has 0 aromatic heterocycles. The van der Waals surface area contributed by atoms with Gasteiger partial charge in [-0.2, -0.15) is 5.06 Å². The molecule has 0 atom stereocenters. The van der Waals surface area contributed by atoms with Crippen LogP contribution in [-0.4, -0.2) is 30.5 Å². The van der Waals surface area contributed by atoms with Gasteiger partial charge in [0.15, 0.2) is 0 Å². The van der Waals surface area contributed by atoms with Gasteiger partial charge >= 0.3 is 0 Å². The molecule has 82 valence electrons. The molecule has 1 aliphatic heterocycles. The van der Waals surface area contributed by atoms with Crippen molar-refractivity contribution in [3.63, 3.8) is 0 Å². The Bertz CT molecular complexity index is 180. The molecule has 0 unspecified atom stereocenters. The highest BCUT2D eigenvalue weighted by atomic mass is 16.7. The van der Waals surface area contributed by atoms with E-state index in [1.807, 2.05) is 5.06 Å². The molecule has 0 bridgehead atoms. The van der Waals surface area contributed by atoms with Crippen LogP contribution in [0.1, 0.15) is 39.5 Å². The van der Waals surface area contributed by atoms with E-state index in [2.05, 4.69) is 13.8 Å². The maximum absolute atomic E-state index is 11.1. The van der Waals surface area contributed by atoms with E-state index in [0.29, 0.717) is 12.3 Å². The highest BCUT2D eigenvalue weighted by Crippen LogP contribution is 2.08. The van der Waals surface area contributed by atoms with Crippen LogP contribution in [0, 0.1) is 5.92 Å². The molecule has 1 saturated heterocycles. The third-order valence-corrected chi connectivity index (χ3v) is 2.42. The zero-order valence-corrected chi connectivity index (χ0v) is 9.29. The van der Waals surface area contributed by atoms with E-state index in [1.54, 1.807) is 0 Å². The molecule has 1 rings (SSSR count). The highest BCUT2D eigenvalue weighted by molar-refractivity contribution is 5.80. The Balaban J connectivity index is 2.03. The van der Waals surface area contributed by atoms with Gasteiger partial charge in [-0.15, -0.1) is 0 Å². The molecule has 0 radical (unpaired) electrons. The molecular formula is C11H21NO2. The first-order chi connectivity index (χ1) is 6.68. The molecule has 0 spiro atoms. The Labute approximate surface area is 86.4 Å². The Morgan fingerprint density at radius 2 is 2.29 bits per heavy atom. The summed E-state index contributed by atoms with van der Waals surface area (Å²) in [5.41, 5.74) is 0. The van der Waals surface area contributed by atoms with Crippen LogP contribution in [-0.2, 0) is 9.63 Å². The SMILES string of the molecule is CC(C)CCCON1CCCC(=O)C1. The van der Waals surface area contributed by atoms with Gasteiger partial charge in [-0.05, 0) is 25.2 Å². The van der Waals surface area contributed by atoms with E-state index in [0.717, 1.165) is 38.3 Å². The van der Waals surface area contributed by atoms with Crippen LogP contribution in [0.3, 0.4) is 0 Å². The number of hydroxylamine groups is 2. The van der Waals surface area contributed by atoms with Crippen molar-refractivity contribution < 1.29 is 9.63 Å². The second kappa shape index (κ2) is 6.14. The Hall–Kier alpha value is -0.410. The maximum Gasteiger partial charge on any atom is 0.149 e. The van der Waals surface area contributed by atoms with Crippen LogP contribution in [0.25, 0.3) is 0 Å². The summed E-state index contributed by atoms with van der Waals surface area (Å²) in [7, 11) is 0. The summed E-state index contributed by atoms with van der Waals surface area (Å²) in [6.45, 7) is 6.58. The van der Waals surface area contributed by atoms with E-state index >= 15 is 0 Å². The molecule has 0 N–H and O–H groups in total. The monoisotopic (exact) mass is 199 g/mol. The number of hydrogen-bond acceptors (Lipinski definition) is 3. The summed E-state index contributed by atoms with van der Waals surface area (Å²) in [6.07, 6.45) is 3.96. The minimum Gasteiger partial charge on any atom is -0.299 e. The first kappa shape index (κ1) is 11.7. The van der Waals surface area contributed by atoms with Crippen molar-refractivity contribution in [1.82, 2.24) is 5.06 Å². The number of carbonyl (C=O) groups is 1. The van der Waals surface area contributed by atoms with Crippen molar-refractivity contribution in [2.75, 3.05) is 19.7 Å². The predicted molar refractivity (Wildman–Crippen MR) is 55.8 cm³/mol. The summed E-state index contributed by atoms with van der Waals surface area (Å²) in [4.78, 5) is 16.6. The normalized spacial score (nSPS) is 19.2. The third kappa shape index (κ3) is 4.72. The molecule has 1 aliphatic rings. The molecule has 0 aromatic carbocycles. The van der Waals surface area contributed by atoms with E-state index in [-0.39, 0.29) is 0 Å². The zero-order valence-electron chi connectivity index (χ0n) is 9.29. The van der Waals surface area contributed by atoms with Crippen molar-refractivity contribution in [3.8, 4) is 0 Å². The lowest BCUT2D eigenvalue weighted by Crippen LogP contribution is -2.35. The summed E-state index contributed by atoms with van der Waals surface area (Å²) in [5.74, 6) is 1.04. The van der Waals surface area contributed by atoms with E-state index in [9.17, 15) is 4.79 Å². The average molecular weight is 199 g/mol. The molecule has 0 aromatic rings. The summed E-state index contributed by atoms with van der Waals surface area (Å²) < 4.78 is 0. The maximum atomic E-state index is 11.1. The van der Waals surface area contributed by atoms with Crippen LogP contribution in [0.15, 0.2) is 0 Å². The number of Topliss-reactive ketones (excluding diaryl/α,β-unsaturated/α-hetero) is 1. The van der Waals surface area contributed by atoms with E-state index in [1.165, 1.54) is 6.42 Å². The lowest BCUT2D eigenvalue weighted by molar-refractivity contribution is -0.175. The van der Waals surface area contributed by atoms with Crippen LogP contribution >= 0.6 is 0 Å². The molecule has 3 nitrogen and oxygen atoms in total. The van der Waals surface area contributed by atoms with Gasteiger partial charge in [0.25, 0.3) is 0 Å². The van der Waals surface area contributed by atoms with Gasteiger partial charge in [0, 0.05) is 13.0 Å². The van der Waals surface area contributed by atoms with Crippen molar-refractivity contribution in [1.29, 1.82) is 0 Å². The molecule has 0 saturated carbocycles. The number of rotatable bonds is 5. The van der Waals surface area contributed by atoms with Gasteiger partial charge in [-0.3, -0.25) is 9.63 Å².